The van der Waals surface area contributed by atoms with Crippen LogP contribution in [0.2, 0.25) is 0 Å². The van der Waals surface area contributed by atoms with Crippen LogP contribution in [-0.2, 0) is 0 Å². The number of hydrogen-bond donors (Lipinski definition) is 0. The summed E-state index contributed by atoms with van der Waals surface area (Å²) in [6.07, 6.45) is 1.32. The van der Waals surface area contributed by atoms with Crippen LogP contribution in [0.1, 0.15) is 49.5 Å². The van der Waals surface area contributed by atoms with E-state index in [2.05, 4.69) is 0 Å². The fraction of sp³-hybridized carbons (Fsp3) is 0.192. The number of piperidine rings is 1. The molecule has 3 aromatic rings. The summed E-state index contributed by atoms with van der Waals surface area (Å²) in [6.45, 7) is 1.10. The number of rotatable bonds is 3. The summed E-state index contributed by atoms with van der Waals surface area (Å²) < 4.78 is 0. The van der Waals surface area contributed by atoms with Gasteiger partial charge in [0.1, 0.15) is 0 Å². The molecule has 1 aliphatic heterocycles. The Morgan fingerprint density at radius 1 is 0.700 bits per heavy atom. The van der Waals surface area contributed by atoms with Crippen molar-refractivity contribution in [2.24, 2.45) is 5.92 Å². The maximum atomic E-state index is 13.1. The summed E-state index contributed by atoms with van der Waals surface area (Å²) in [5.41, 5.74) is 4.37. The predicted octanol–water partition coefficient (Wildman–Crippen LogP) is 4.63. The average Bonchev–Trinajstić information content (AvgIpc) is 3.10. The first-order valence-electron chi connectivity index (χ1n) is 10.3. The first-order chi connectivity index (χ1) is 14.6. The van der Waals surface area contributed by atoms with Gasteiger partial charge in [0, 0.05) is 41.3 Å². The third-order valence-electron chi connectivity index (χ3n) is 6.18. The van der Waals surface area contributed by atoms with Crippen LogP contribution in [0.15, 0.2) is 72.8 Å². The van der Waals surface area contributed by atoms with Gasteiger partial charge in [0.25, 0.3) is 5.91 Å². The fourth-order valence-electron chi connectivity index (χ4n) is 4.53. The minimum atomic E-state index is -0.0767. The molecule has 30 heavy (non-hydrogen) atoms. The average molecular weight is 395 g/mol. The van der Waals surface area contributed by atoms with Gasteiger partial charge in [-0.3, -0.25) is 14.4 Å². The molecule has 1 fully saturated rings. The molecule has 0 N–H and O–H groups in total. The molecule has 5 rings (SSSR count). The summed E-state index contributed by atoms with van der Waals surface area (Å²) in [6, 6.07) is 22.3. The van der Waals surface area contributed by atoms with Crippen molar-refractivity contribution in [2.75, 3.05) is 13.1 Å². The maximum Gasteiger partial charge on any atom is 0.253 e. The van der Waals surface area contributed by atoms with Crippen molar-refractivity contribution < 1.29 is 14.4 Å². The molecule has 1 aliphatic carbocycles. The second-order valence-electron chi connectivity index (χ2n) is 7.93. The number of carbonyl (C=O) groups is 3. The lowest BCUT2D eigenvalue weighted by Crippen LogP contribution is -2.40. The van der Waals surface area contributed by atoms with Crippen LogP contribution in [0.3, 0.4) is 0 Å². The highest BCUT2D eigenvalue weighted by molar-refractivity contribution is 6.22. The van der Waals surface area contributed by atoms with Crippen molar-refractivity contribution in [3.05, 3.63) is 95.1 Å². The molecule has 148 valence electrons. The van der Waals surface area contributed by atoms with Gasteiger partial charge >= 0.3 is 0 Å². The van der Waals surface area contributed by atoms with Crippen molar-refractivity contribution in [3.8, 4) is 11.1 Å². The first kappa shape index (κ1) is 18.5. The van der Waals surface area contributed by atoms with Crippen LogP contribution in [-0.4, -0.2) is 35.5 Å². The molecule has 0 saturated carbocycles. The smallest absolute Gasteiger partial charge is 0.253 e. The van der Waals surface area contributed by atoms with Gasteiger partial charge in [-0.15, -0.1) is 0 Å². The van der Waals surface area contributed by atoms with E-state index in [1.165, 1.54) is 0 Å². The number of amides is 1. The maximum absolute atomic E-state index is 13.1. The topological polar surface area (TPSA) is 54.5 Å². The Hall–Kier alpha value is -3.53. The highest BCUT2D eigenvalue weighted by Gasteiger charge is 2.30. The van der Waals surface area contributed by atoms with Gasteiger partial charge in [-0.25, -0.2) is 0 Å². The molecule has 4 nitrogen and oxygen atoms in total. The van der Waals surface area contributed by atoms with Gasteiger partial charge in [0.15, 0.2) is 11.6 Å². The van der Waals surface area contributed by atoms with E-state index >= 15 is 0 Å². The number of fused-ring (bicyclic) bond motifs is 3. The van der Waals surface area contributed by atoms with E-state index in [4.69, 9.17) is 0 Å². The molecule has 2 aliphatic rings. The van der Waals surface area contributed by atoms with E-state index in [1.807, 2.05) is 60.7 Å². The van der Waals surface area contributed by atoms with Gasteiger partial charge in [-0.1, -0.05) is 60.7 Å². The molecule has 0 aromatic heterocycles. The van der Waals surface area contributed by atoms with E-state index in [0.717, 1.165) is 16.7 Å². The number of carbonyl (C=O) groups excluding carboxylic acids is 3. The molecular weight excluding hydrogens is 374 g/mol. The molecule has 1 saturated heterocycles. The van der Waals surface area contributed by atoms with Crippen LogP contribution in [0.5, 0.6) is 0 Å². The molecule has 4 heteroatoms. The second kappa shape index (κ2) is 7.38. The van der Waals surface area contributed by atoms with Crippen LogP contribution in [0.4, 0.5) is 0 Å². The van der Waals surface area contributed by atoms with Crippen LogP contribution < -0.4 is 0 Å². The number of hydrogen-bond acceptors (Lipinski definition) is 3. The summed E-state index contributed by atoms with van der Waals surface area (Å²) in [5, 5.41) is 0. The van der Waals surface area contributed by atoms with E-state index in [9.17, 15) is 14.4 Å². The molecule has 0 bridgehead atoms. The zero-order valence-electron chi connectivity index (χ0n) is 16.5. The number of Topliss-reactive ketones (excluding diaryl/α,β-unsaturated/α-hetero) is 1. The highest BCUT2D eigenvalue weighted by atomic mass is 16.2. The first-order valence-corrected chi connectivity index (χ1v) is 10.3. The largest absolute Gasteiger partial charge is 0.339 e. The van der Waals surface area contributed by atoms with Crippen molar-refractivity contribution in [1.29, 1.82) is 0 Å². The third kappa shape index (κ3) is 3.05. The van der Waals surface area contributed by atoms with Crippen LogP contribution in [0, 0.1) is 5.92 Å². The Morgan fingerprint density at radius 2 is 1.33 bits per heavy atom. The lowest BCUT2D eigenvalue weighted by molar-refractivity contribution is 0.0650. The molecule has 1 amide bonds. The summed E-state index contributed by atoms with van der Waals surface area (Å²) in [7, 11) is 0. The normalized spacial score (nSPS) is 15.6. The van der Waals surface area contributed by atoms with Gasteiger partial charge in [0.05, 0.1) is 0 Å². The van der Waals surface area contributed by atoms with E-state index < -0.39 is 0 Å². The van der Waals surface area contributed by atoms with Crippen molar-refractivity contribution in [2.45, 2.75) is 12.8 Å². The summed E-state index contributed by atoms with van der Waals surface area (Å²) >= 11 is 0. The number of ketones is 2. The van der Waals surface area contributed by atoms with E-state index in [1.54, 1.807) is 17.0 Å². The van der Waals surface area contributed by atoms with Gasteiger partial charge in [0.2, 0.25) is 0 Å². The van der Waals surface area contributed by atoms with Gasteiger partial charge in [-0.2, -0.15) is 0 Å². The van der Waals surface area contributed by atoms with Crippen molar-refractivity contribution in [3.63, 3.8) is 0 Å². The fourth-order valence-corrected chi connectivity index (χ4v) is 4.53. The Kier molecular flexibility index (Phi) is 4.55. The Labute approximate surface area is 175 Å². The SMILES string of the molecule is O=C1c2ccccc2-c2ccc(C(=O)N3CCC(C(=O)c4ccccc4)CC3)cc21. The monoisotopic (exact) mass is 395 g/mol. The molecule has 3 aromatic carbocycles. The minimum absolute atomic E-state index is 0.0255. The Balaban J connectivity index is 1.30. The molecule has 0 spiro atoms. The number of likely N-dealkylation sites (tertiary alicyclic amines) is 1. The Bertz CT molecular complexity index is 1160. The molecule has 0 unspecified atom stereocenters. The molecule has 1 heterocycles. The number of nitrogens with zero attached hydrogens (tertiary/aromatic N) is 1. The quantitative estimate of drug-likeness (QED) is 0.475. The molecule has 0 radical (unpaired) electrons. The minimum Gasteiger partial charge on any atom is -0.339 e. The zero-order chi connectivity index (χ0) is 20.7. The van der Waals surface area contributed by atoms with Crippen molar-refractivity contribution in [1.82, 2.24) is 4.90 Å². The van der Waals surface area contributed by atoms with E-state index in [-0.39, 0.29) is 23.4 Å². The van der Waals surface area contributed by atoms with Crippen molar-refractivity contribution >= 4 is 17.5 Å². The predicted molar refractivity (Wildman–Crippen MR) is 115 cm³/mol. The molecule has 0 atom stereocenters. The lowest BCUT2D eigenvalue weighted by Gasteiger charge is -2.31. The standard InChI is InChI=1S/C26H21NO3/c28-24(17-6-2-1-3-7-17)18-12-14-27(15-13-18)26(30)19-10-11-21-20-8-4-5-9-22(20)25(29)23(21)16-19/h1-11,16,18H,12-15H2. The second-order valence-corrected chi connectivity index (χ2v) is 7.93. The summed E-state index contributed by atoms with van der Waals surface area (Å²) in [5.74, 6) is 0.00530. The van der Waals surface area contributed by atoms with Gasteiger partial charge < -0.3 is 4.90 Å². The summed E-state index contributed by atoms with van der Waals surface area (Å²) in [4.78, 5) is 40.3. The molecular formula is C26H21NO3. The lowest BCUT2D eigenvalue weighted by atomic mass is 9.88. The van der Waals surface area contributed by atoms with Gasteiger partial charge in [-0.05, 0) is 36.1 Å². The van der Waals surface area contributed by atoms with E-state index in [0.29, 0.717) is 42.6 Å². The third-order valence-corrected chi connectivity index (χ3v) is 6.18. The number of benzene rings is 3. The Morgan fingerprint density at radius 3 is 2.07 bits per heavy atom. The van der Waals surface area contributed by atoms with Crippen LogP contribution in [0.25, 0.3) is 11.1 Å². The zero-order valence-corrected chi connectivity index (χ0v) is 16.5. The van der Waals surface area contributed by atoms with Crippen LogP contribution >= 0.6 is 0 Å². The highest BCUT2D eigenvalue weighted by Crippen LogP contribution is 2.37.